The number of hydrogen-bond acceptors (Lipinski definition) is 5. The molecule has 9 heteroatoms. The first kappa shape index (κ1) is 23.3. The first-order valence-corrected chi connectivity index (χ1v) is 9.71. The molecule has 0 aromatic heterocycles. The molecule has 0 atom stereocenters. The number of alkyl halides is 3. The Morgan fingerprint density at radius 1 is 1.17 bits per heavy atom. The van der Waals surface area contributed by atoms with E-state index in [1.54, 1.807) is 11.8 Å². The first-order chi connectivity index (χ1) is 13.3. The summed E-state index contributed by atoms with van der Waals surface area (Å²) in [6.07, 6.45) is -3.77. The van der Waals surface area contributed by atoms with Crippen molar-refractivity contribution in [3.8, 4) is 5.75 Å². The van der Waals surface area contributed by atoms with Gasteiger partial charge in [0.1, 0.15) is 5.75 Å². The van der Waals surface area contributed by atoms with Gasteiger partial charge in [0.2, 0.25) is 0 Å². The summed E-state index contributed by atoms with van der Waals surface area (Å²) in [5, 5.41) is 0.783. The van der Waals surface area contributed by atoms with Crippen LogP contribution in [0.2, 0.25) is 0 Å². The zero-order chi connectivity index (χ0) is 20.1. The van der Waals surface area contributed by atoms with Crippen molar-refractivity contribution in [3.05, 3.63) is 59.7 Å². The van der Waals surface area contributed by atoms with Crippen LogP contribution in [-0.2, 0) is 0 Å². The van der Waals surface area contributed by atoms with Gasteiger partial charge >= 0.3 is 6.36 Å². The van der Waals surface area contributed by atoms with Crippen LogP contribution < -0.4 is 9.64 Å². The molecule has 0 fully saturated rings. The fourth-order valence-corrected chi connectivity index (χ4v) is 3.77. The van der Waals surface area contributed by atoms with Crippen LogP contribution in [0.25, 0.3) is 0 Å². The van der Waals surface area contributed by atoms with Gasteiger partial charge in [-0.1, -0.05) is 30.0 Å². The van der Waals surface area contributed by atoms with E-state index in [0.29, 0.717) is 12.1 Å². The summed E-state index contributed by atoms with van der Waals surface area (Å²) >= 11 is 1.60. The third-order valence-corrected chi connectivity index (χ3v) is 5.23. The number of nitrogens with zero attached hydrogens (tertiary/aromatic N) is 2. The Labute approximate surface area is 181 Å². The van der Waals surface area contributed by atoms with Crippen LogP contribution in [0.1, 0.15) is 22.3 Å². The second-order valence-corrected chi connectivity index (χ2v) is 7.30. The Morgan fingerprint density at radius 3 is 2.45 bits per heavy atom. The number of halogens is 4. The second kappa shape index (κ2) is 10.2. The molecule has 0 unspecified atom stereocenters. The average Bonchev–Trinajstić information content (AvgIpc) is 2.67. The Hall–Kier alpha value is -2.00. The summed E-state index contributed by atoms with van der Waals surface area (Å²) in [5.74, 6) is 0.363. The van der Waals surface area contributed by atoms with E-state index in [1.807, 2.05) is 36.1 Å². The van der Waals surface area contributed by atoms with Gasteiger partial charge in [-0.2, -0.15) is 0 Å². The van der Waals surface area contributed by atoms with Crippen LogP contribution in [0.4, 0.5) is 18.9 Å². The van der Waals surface area contributed by atoms with Crippen LogP contribution in [0, 0.1) is 6.92 Å². The fourth-order valence-electron chi connectivity index (χ4n) is 2.81. The normalized spacial score (nSPS) is 13.9. The number of aryl methyl sites for hydroxylation is 1. The molecule has 1 aliphatic heterocycles. The lowest BCUT2D eigenvalue weighted by atomic mass is 10.1. The van der Waals surface area contributed by atoms with Gasteiger partial charge in [0.25, 0.3) is 0 Å². The summed E-state index contributed by atoms with van der Waals surface area (Å²) in [4.78, 5) is 19.2. The number of hydrogen-bond donors (Lipinski definition) is 0. The van der Waals surface area contributed by atoms with E-state index in [4.69, 9.17) is 0 Å². The lowest BCUT2D eigenvalue weighted by molar-refractivity contribution is -0.274. The van der Waals surface area contributed by atoms with Crippen LogP contribution in [0.3, 0.4) is 0 Å². The molecule has 0 spiro atoms. The highest BCUT2D eigenvalue weighted by molar-refractivity contribution is 8.93. The van der Waals surface area contributed by atoms with Gasteiger partial charge in [-0.05, 0) is 49.2 Å². The van der Waals surface area contributed by atoms with Gasteiger partial charge in [0.15, 0.2) is 11.0 Å². The van der Waals surface area contributed by atoms with Gasteiger partial charge < -0.3 is 9.64 Å². The highest BCUT2D eigenvalue weighted by Gasteiger charge is 2.31. The van der Waals surface area contributed by atoms with E-state index in [2.05, 4.69) is 9.73 Å². The number of ketones is 1. The molecule has 3 rings (SSSR count). The van der Waals surface area contributed by atoms with Gasteiger partial charge in [0, 0.05) is 23.5 Å². The minimum absolute atomic E-state index is 0. The lowest BCUT2D eigenvalue weighted by Gasteiger charge is -2.28. The topological polar surface area (TPSA) is 41.9 Å². The second-order valence-electron chi connectivity index (χ2n) is 6.23. The zero-order valence-electron chi connectivity index (χ0n) is 15.6. The number of ether oxygens (including phenoxy) is 1. The van der Waals surface area contributed by atoms with E-state index in [-0.39, 0.29) is 35.1 Å². The Kier molecular flexibility index (Phi) is 8.15. The van der Waals surface area contributed by atoms with Crippen LogP contribution >= 0.6 is 28.7 Å². The Balaban J connectivity index is 0.00000300. The first-order valence-electron chi connectivity index (χ1n) is 8.73. The quantitative estimate of drug-likeness (QED) is 0.509. The summed E-state index contributed by atoms with van der Waals surface area (Å²) in [7, 11) is 0. The predicted molar refractivity (Wildman–Crippen MR) is 116 cm³/mol. The molecule has 4 nitrogen and oxygen atoms in total. The average molecular weight is 489 g/mol. The number of Topliss-reactive ketones (excluding diaryl/α,β-unsaturated/α-hetero) is 1. The summed E-state index contributed by atoms with van der Waals surface area (Å²) in [6, 6.07) is 12.7. The van der Waals surface area contributed by atoms with Crippen LogP contribution in [0.15, 0.2) is 53.5 Å². The SMILES string of the molecule is Br.Cc1ccccc1N(CC(=O)c1ccc(OC(F)(F)F)cc1)C1=NCCCS1. The molecule has 0 saturated carbocycles. The highest BCUT2D eigenvalue weighted by Crippen LogP contribution is 2.27. The number of carbonyl (C=O) groups excluding carboxylic acids is 1. The van der Waals surface area contributed by atoms with Crippen molar-refractivity contribution in [2.45, 2.75) is 19.7 Å². The number of carbonyl (C=O) groups is 1. The molecule has 0 saturated heterocycles. The Morgan fingerprint density at radius 2 is 1.86 bits per heavy atom. The maximum atomic E-state index is 12.8. The third kappa shape index (κ3) is 6.50. The monoisotopic (exact) mass is 488 g/mol. The van der Waals surface area contributed by atoms with Gasteiger partial charge in [0.05, 0.1) is 6.54 Å². The molecule has 0 aliphatic carbocycles. The van der Waals surface area contributed by atoms with Crippen molar-refractivity contribution in [2.24, 2.45) is 4.99 Å². The van der Waals surface area contributed by atoms with Crippen molar-refractivity contribution in [2.75, 3.05) is 23.7 Å². The molecular formula is C20H20BrF3N2O2S. The number of amidine groups is 1. The number of aliphatic imine (C=N–C) groups is 1. The molecule has 0 radical (unpaired) electrons. The fraction of sp³-hybridized carbons (Fsp3) is 0.300. The molecule has 2 aromatic rings. The van der Waals surface area contributed by atoms with Gasteiger partial charge in [-0.25, -0.2) is 0 Å². The largest absolute Gasteiger partial charge is 0.573 e. The molecule has 1 aliphatic rings. The maximum absolute atomic E-state index is 12.8. The van der Waals surface area contributed by atoms with Crippen LogP contribution in [-0.4, -0.2) is 36.2 Å². The van der Waals surface area contributed by atoms with Crippen molar-refractivity contribution >= 4 is 45.4 Å². The van der Waals surface area contributed by atoms with Crippen molar-refractivity contribution in [1.29, 1.82) is 0 Å². The van der Waals surface area contributed by atoms with E-state index in [9.17, 15) is 18.0 Å². The van der Waals surface area contributed by atoms with Gasteiger partial charge in [-0.15, -0.1) is 30.2 Å². The molecular weight excluding hydrogens is 469 g/mol. The summed E-state index contributed by atoms with van der Waals surface area (Å²) in [6.45, 7) is 2.72. The van der Waals surface area contributed by atoms with E-state index in [0.717, 1.165) is 40.7 Å². The third-order valence-electron chi connectivity index (χ3n) is 4.13. The minimum atomic E-state index is -4.76. The van der Waals surface area contributed by atoms with E-state index < -0.39 is 6.36 Å². The van der Waals surface area contributed by atoms with Crippen molar-refractivity contribution < 1.29 is 22.7 Å². The van der Waals surface area contributed by atoms with Gasteiger partial charge in [-0.3, -0.25) is 9.79 Å². The van der Waals surface area contributed by atoms with E-state index >= 15 is 0 Å². The van der Waals surface area contributed by atoms with Crippen LogP contribution in [0.5, 0.6) is 5.75 Å². The lowest BCUT2D eigenvalue weighted by Crippen LogP contribution is -2.36. The highest BCUT2D eigenvalue weighted by atomic mass is 79.9. The molecule has 0 bridgehead atoms. The molecule has 29 heavy (non-hydrogen) atoms. The number of para-hydroxylation sites is 1. The number of rotatable bonds is 5. The van der Waals surface area contributed by atoms with Crippen molar-refractivity contribution in [1.82, 2.24) is 0 Å². The molecule has 2 aromatic carbocycles. The van der Waals surface area contributed by atoms with E-state index in [1.165, 1.54) is 12.1 Å². The molecule has 1 heterocycles. The summed E-state index contributed by atoms with van der Waals surface area (Å²) < 4.78 is 40.7. The standard InChI is InChI=1S/C20H19F3N2O2S.BrH/c1-14-5-2-3-6-17(14)25(19-24-11-4-12-28-19)13-18(26)15-7-9-16(10-8-15)27-20(21,22)23;/h2-3,5-10H,4,11-13H2,1H3;1H. The number of benzene rings is 2. The van der Waals surface area contributed by atoms with Crippen molar-refractivity contribution in [3.63, 3.8) is 0 Å². The molecule has 0 N–H and O–H groups in total. The predicted octanol–water partition coefficient (Wildman–Crippen LogP) is 5.65. The molecule has 0 amide bonds. The number of anilines is 1. The Bertz CT molecular complexity index is 873. The molecule has 156 valence electrons. The smallest absolute Gasteiger partial charge is 0.406 e. The zero-order valence-corrected chi connectivity index (χ0v) is 18.1. The maximum Gasteiger partial charge on any atom is 0.573 e. The minimum Gasteiger partial charge on any atom is -0.406 e. The summed E-state index contributed by atoms with van der Waals surface area (Å²) in [5.41, 5.74) is 2.22. The number of thioether (sulfide) groups is 1.